The summed E-state index contributed by atoms with van der Waals surface area (Å²) in [6, 6.07) is 19.3. The summed E-state index contributed by atoms with van der Waals surface area (Å²) in [5.41, 5.74) is 3.29. The summed E-state index contributed by atoms with van der Waals surface area (Å²) < 4.78 is 0. The van der Waals surface area contributed by atoms with Crippen LogP contribution in [-0.2, 0) is 4.79 Å². The summed E-state index contributed by atoms with van der Waals surface area (Å²) in [6.45, 7) is 2.70. The first-order chi connectivity index (χ1) is 15.2. The number of nitrogens with one attached hydrogen (secondary N) is 2. The van der Waals surface area contributed by atoms with Crippen LogP contribution in [0.5, 0.6) is 0 Å². The Balaban J connectivity index is 1.43. The number of anilines is 2. The Morgan fingerprint density at radius 1 is 1.10 bits per heavy atom. The number of hydrogen-bond donors (Lipinski definition) is 2. The molecule has 2 heterocycles. The van der Waals surface area contributed by atoms with Gasteiger partial charge in [-0.05, 0) is 31.0 Å². The van der Waals surface area contributed by atoms with Gasteiger partial charge in [0, 0.05) is 23.4 Å². The molecule has 0 atom stereocenters. The second kappa shape index (κ2) is 9.37. The molecule has 0 aliphatic carbocycles. The Labute approximate surface area is 184 Å². The van der Waals surface area contributed by atoms with E-state index in [1.807, 2.05) is 18.2 Å². The molecule has 0 spiro atoms. The highest BCUT2D eigenvalue weighted by Gasteiger charge is 2.16. The minimum atomic E-state index is -0.117. The molecule has 4 aromatic rings. The predicted octanol–water partition coefficient (Wildman–Crippen LogP) is 5.37. The number of aryl methyl sites for hydroxylation is 1. The molecule has 7 heteroatoms. The molecule has 0 saturated carbocycles. The van der Waals surface area contributed by atoms with E-state index in [1.54, 1.807) is 41.9 Å². The van der Waals surface area contributed by atoms with Crippen LogP contribution in [0.3, 0.4) is 0 Å². The molecule has 31 heavy (non-hydrogen) atoms. The molecular weight excluding hydrogens is 406 g/mol. The van der Waals surface area contributed by atoms with Gasteiger partial charge >= 0.3 is 0 Å². The number of benzene rings is 2. The zero-order chi connectivity index (χ0) is 21.6. The van der Waals surface area contributed by atoms with Gasteiger partial charge in [-0.2, -0.15) is 5.26 Å². The molecule has 6 nitrogen and oxygen atoms in total. The second-order valence-corrected chi connectivity index (χ2v) is 8.24. The molecule has 2 aromatic carbocycles. The zero-order valence-corrected chi connectivity index (χ0v) is 17.9. The number of para-hydroxylation sites is 1. The number of nitrogens with zero attached hydrogens (tertiary/aromatic N) is 3. The minimum Gasteiger partial charge on any atom is -0.369 e. The average molecular weight is 428 g/mol. The largest absolute Gasteiger partial charge is 0.369 e. The number of amides is 1. The normalized spacial score (nSPS) is 10.6. The fourth-order valence-corrected chi connectivity index (χ4v) is 4.50. The lowest BCUT2D eigenvalue weighted by Crippen LogP contribution is -2.14. The Kier molecular flexibility index (Phi) is 6.20. The molecule has 0 radical (unpaired) electrons. The van der Waals surface area contributed by atoms with Crippen LogP contribution in [0.1, 0.15) is 23.3 Å². The van der Waals surface area contributed by atoms with Crippen molar-refractivity contribution in [2.45, 2.75) is 19.8 Å². The molecule has 0 saturated heterocycles. The first-order valence-corrected chi connectivity index (χ1v) is 10.8. The van der Waals surface area contributed by atoms with Gasteiger partial charge in [-0.15, -0.1) is 11.3 Å². The maximum absolute atomic E-state index is 12.3. The Morgan fingerprint density at radius 2 is 1.87 bits per heavy atom. The highest BCUT2D eigenvalue weighted by atomic mass is 32.1. The van der Waals surface area contributed by atoms with Crippen molar-refractivity contribution in [3.8, 4) is 17.2 Å². The Morgan fingerprint density at radius 3 is 2.68 bits per heavy atom. The van der Waals surface area contributed by atoms with E-state index in [1.165, 1.54) is 4.88 Å². The molecule has 1 amide bonds. The van der Waals surface area contributed by atoms with E-state index >= 15 is 0 Å². The number of aromatic nitrogens is 2. The van der Waals surface area contributed by atoms with Gasteiger partial charge in [0.1, 0.15) is 23.0 Å². The third-order valence-electron chi connectivity index (χ3n) is 4.92. The van der Waals surface area contributed by atoms with E-state index in [9.17, 15) is 4.79 Å². The highest BCUT2D eigenvalue weighted by Crippen LogP contribution is 2.40. The van der Waals surface area contributed by atoms with Crippen LogP contribution in [0.15, 0.2) is 60.9 Å². The molecular formula is C24H21N5OS. The molecule has 0 fully saturated rings. The van der Waals surface area contributed by atoms with Gasteiger partial charge in [0.25, 0.3) is 0 Å². The molecule has 2 N–H and O–H groups in total. The second-order valence-electron chi connectivity index (χ2n) is 7.04. The smallest absolute Gasteiger partial charge is 0.224 e. The monoisotopic (exact) mass is 427 g/mol. The van der Waals surface area contributed by atoms with E-state index in [0.29, 0.717) is 30.6 Å². The highest BCUT2D eigenvalue weighted by molar-refractivity contribution is 7.19. The quantitative estimate of drug-likeness (QED) is 0.387. The summed E-state index contributed by atoms with van der Waals surface area (Å²) in [5, 5.41) is 16.3. The summed E-state index contributed by atoms with van der Waals surface area (Å²) in [6.07, 6.45) is 2.55. The number of rotatable bonds is 7. The van der Waals surface area contributed by atoms with E-state index < -0.39 is 0 Å². The molecule has 0 aliphatic heterocycles. The number of carbonyl (C=O) groups is 1. The third kappa shape index (κ3) is 4.55. The van der Waals surface area contributed by atoms with Crippen LogP contribution in [0.4, 0.5) is 11.5 Å². The van der Waals surface area contributed by atoms with E-state index in [2.05, 4.69) is 45.7 Å². The fraction of sp³-hybridized carbons (Fsp3) is 0.167. The number of carbonyl (C=O) groups excluding carboxylic acids is 1. The number of fused-ring (bicyclic) bond motifs is 1. The molecule has 0 bridgehead atoms. The number of thiophene rings is 1. The van der Waals surface area contributed by atoms with E-state index in [-0.39, 0.29) is 5.91 Å². The number of hydrogen-bond acceptors (Lipinski definition) is 6. The molecule has 4 rings (SSSR count). The van der Waals surface area contributed by atoms with Crippen LogP contribution >= 0.6 is 11.3 Å². The van der Waals surface area contributed by atoms with Crippen molar-refractivity contribution < 1.29 is 4.79 Å². The van der Waals surface area contributed by atoms with Crippen LogP contribution in [0.25, 0.3) is 21.3 Å². The lowest BCUT2D eigenvalue weighted by Gasteiger charge is -2.10. The first kappa shape index (κ1) is 20.5. The molecule has 0 unspecified atom stereocenters. The summed E-state index contributed by atoms with van der Waals surface area (Å²) >= 11 is 1.65. The van der Waals surface area contributed by atoms with E-state index in [0.717, 1.165) is 27.2 Å². The van der Waals surface area contributed by atoms with Crippen molar-refractivity contribution in [2.24, 2.45) is 0 Å². The summed E-state index contributed by atoms with van der Waals surface area (Å²) in [5.74, 6) is 0.664. The van der Waals surface area contributed by atoms with Crippen LogP contribution < -0.4 is 10.6 Å². The number of nitriles is 1. The average Bonchev–Trinajstić information content (AvgIpc) is 3.14. The van der Waals surface area contributed by atoms with Gasteiger partial charge in [-0.3, -0.25) is 4.79 Å². The Bertz CT molecular complexity index is 1260. The predicted molar refractivity (Wildman–Crippen MR) is 125 cm³/mol. The zero-order valence-electron chi connectivity index (χ0n) is 17.1. The summed E-state index contributed by atoms with van der Waals surface area (Å²) in [4.78, 5) is 23.3. The van der Waals surface area contributed by atoms with Crippen LogP contribution in [0.2, 0.25) is 0 Å². The van der Waals surface area contributed by atoms with Gasteiger partial charge < -0.3 is 10.6 Å². The van der Waals surface area contributed by atoms with Crippen molar-refractivity contribution in [1.82, 2.24) is 9.97 Å². The minimum absolute atomic E-state index is 0.117. The van der Waals surface area contributed by atoms with Gasteiger partial charge in [-0.1, -0.05) is 42.5 Å². The summed E-state index contributed by atoms with van der Waals surface area (Å²) in [7, 11) is 0. The lowest BCUT2D eigenvalue weighted by molar-refractivity contribution is -0.116. The van der Waals surface area contributed by atoms with Crippen molar-refractivity contribution in [3.63, 3.8) is 0 Å². The van der Waals surface area contributed by atoms with Crippen molar-refractivity contribution >= 4 is 39.0 Å². The third-order valence-corrected chi connectivity index (χ3v) is 5.93. The van der Waals surface area contributed by atoms with Gasteiger partial charge in [-0.25, -0.2) is 9.97 Å². The lowest BCUT2D eigenvalue weighted by atomic mass is 10.0. The molecule has 2 aromatic heterocycles. The van der Waals surface area contributed by atoms with Crippen molar-refractivity contribution in [3.05, 3.63) is 71.4 Å². The van der Waals surface area contributed by atoms with Gasteiger partial charge in [0.05, 0.1) is 16.6 Å². The maximum Gasteiger partial charge on any atom is 0.224 e. The van der Waals surface area contributed by atoms with Crippen molar-refractivity contribution in [1.29, 1.82) is 5.26 Å². The van der Waals surface area contributed by atoms with E-state index in [4.69, 9.17) is 5.26 Å². The van der Waals surface area contributed by atoms with Crippen molar-refractivity contribution in [2.75, 3.05) is 17.2 Å². The SMILES string of the molecule is Cc1sc2ncnc(NCCCC(=O)Nc3ccccc3C#N)c2c1-c1ccccc1. The topological polar surface area (TPSA) is 90.7 Å². The first-order valence-electron chi connectivity index (χ1n) is 9.99. The molecule has 0 aliphatic rings. The van der Waals surface area contributed by atoms with Crippen LogP contribution in [-0.4, -0.2) is 22.4 Å². The maximum atomic E-state index is 12.3. The van der Waals surface area contributed by atoms with Crippen LogP contribution in [0, 0.1) is 18.3 Å². The standard InChI is InChI=1S/C24H21N5OS/c1-16-21(17-8-3-2-4-9-17)22-23(27-15-28-24(22)31-16)26-13-7-12-20(30)29-19-11-6-5-10-18(19)14-25/h2-6,8-11,15H,7,12-13H2,1H3,(H,29,30)(H,26,27,28). The Hall–Kier alpha value is -3.76. The fourth-order valence-electron chi connectivity index (χ4n) is 3.49. The molecule has 154 valence electrons. The van der Waals surface area contributed by atoms with Gasteiger partial charge in [0.2, 0.25) is 5.91 Å². The van der Waals surface area contributed by atoms with Gasteiger partial charge in [0.15, 0.2) is 0 Å².